The van der Waals surface area contributed by atoms with Crippen LogP contribution >= 0.6 is 0 Å². The van der Waals surface area contributed by atoms with Gasteiger partial charge in [0.25, 0.3) is 0 Å². The van der Waals surface area contributed by atoms with Crippen molar-refractivity contribution >= 4 is 30.0 Å². The van der Waals surface area contributed by atoms with Crippen molar-refractivity contribution in [1.29, 1.82) is 0 Å². The number of fused-ring (bicyclic) bond motifs is 1. The van der Waals surface area contributed by atoms with Gasteiger partial charge in [-0.3, -0.25) is 0 Å². The van der Waals surface area contributed by atoms with Gasteiger partial charge >= 0.3 is 127 Å². The first-order valence-electron chi connectivity index (χ1n) is 6.38. The van der Waals surface area contributed by atoms with Crippen molar-refractivity contribution < 1.29 is 9.90 Å². The zero-order chi connectivity index (χ0) is 14.9. The summed E-state index contributed by atoms with van der Waals surface area (Å²) in [6, 6.07) is 16.2. The normalized spacial score (nSPS) is 19.3. The third-order valence-corrected chi connectivity index (χ3v) is 5.04. The van der Waals surface area contributed by atoms with Crippen LogP contribution in [-0.2, 0) is 0 Å². The van der Waals surface area contributed by atoms with Crippen LogP contribution in [0.3, 0.4) is 0 Å². The molecule has 21 heavy (non-hydrogen) atoms. The van der Waals surface area contributed by atoms with Gasteiger partial charge in [-0.1, -0.05) is 0 Å². The van der Waals surface area contributed by atoms with Crippen LogP contribution in [0.25, 0.3) is 0 Å². The molecule has 1 atom stereocenters. The van der Waals surface area contributed by atoms with Crippen molar-refractivity contribution in [2.24, 2.45) is 9.98 Å². The molecule has 1 aliphatic heterocycles. The molecule has 2 aromatic rings. The molecule has 1 aliphatic rings. The summed E-state index contributed by atoms with van der Waals surface area (Å²) in [4.78, 5) is 19.5. The van der Waals surface area contributed by atoms with E-state index in [2.05, 4.69) is 27.4 Å². The van der Waals surface area contributed by atoms with Crippen molar-refractivity contribution in [2.45, 2.75) is 12.7 Å². The molecule has 1 unspecified atom stereocenters. The first-order valence-corrected chi connectivity index (χ1v) is 8.09. The fourth-order valence-corrected chi connectivity index (χ4v) is 3.96. The van der Waals surface area contributed by atoms with Gasteiger partial charge in [0.2, 0.25) is 0 Å². The zero-order valence-electron chi connectivity index (χ0n) is 11.3. The number of carboxylic acid groups (broad SMARTS) is 1. The maximum absolute atomic E-state index is 10.8. The molecule has 3 rings (SSSR count). The molecule has 106 valence electrons. The number of hydrogen-bond donors (Lipinski definition) is 2. The van der Waals surface area contributed by atoms with Gasteiger partial charge in [-0.05, 0) is 0 Å². The Morgan fingerprint density at radius 3 is 2.52 bits per heavy atom. The molecule has 2 N–H and O–H groups in total. The Morgan fingerprint density at radius 2 is 1.81 bits per heavy atom. The van der Waals surface area contributed by atoms with Crippen LogP contribution in [-0.4, -0.2) is 31.9 Å². The van der Waals surface area contributed by atoms with Gasteiger partial charge < -0.3 is 0 Å². The van der Waals surface area contributed by atoms with Crippen molar-refractivity contribution in [2.75, 3.05) is 0 Å². The first-order chi connectivity index (χ1) is 10.0. The minimum absolute atomic E-state index is 0.199. The summed E-state index contributed by atoms with van der Waals surface area (Å²) in [5.74, 6) is -1.12. The van der Waals surface area contributed by atoms with Gasteiger partial charge in [0, 0.05) is 0 Å². The molecular formula is C15H13N3O2Se. The molecule has 0 radical (unpaired) electrons. The molecule has 0 saturated carbocycles. The topological polar surface area (TPSA) is 74.0 Å². The molecule has 6 heteroatoms. The average Bonchev–Trinajstić information content (AvgIpc) is 2.74. The standard InChI is InChI=1S/C15H13N3O2Se/c1-15(18-14(19)20)16-12-8-7-11(9-13(12)17-15)21-10-5-3-2-4-6-10/h2-9,18H,1H3,(H,19,20). The molecule has 0 bridgehead atoms. The molecule has 1 heterocycles. The van der Waals surface area contributed by atoms with E-state index in [0.717, 1.165) is 10.7 Å². The van der Waals surface area contributed by atoms with Crippen LogP contribution in [0, 0.1) is 0 Å². The fraction of sp³-hybridized carbons (Fsp3) is 0.133. The third-order valence-electron chi connectivity index (χ3n) is 2.95. The van der Waals surface area contributed by atoms with Crippen LogP contribution in [0.4, 0.5) is 4.79 Å². The Bertz CT molecular complexity index is 807. The van der Waals surface area contributed by atoms with Gasteiger partial charge in [0.05, 0.1) is 0 Å². The monoisotopic (exact) mass is 347 g/mol. The summed E-state index contributed by atoms with van der Waals surface area (Å²) < 4.78 is 2.47. The molecule has 5 nitrogen and oxygen atoms in total. The zero-order valence-corrected chi connectivity index (χ0v) is 13.0. The van der Waals surface area contributed by atoms with Crippen LogP contribution in [0.2, 0.25) is 0 Å². The Labute approximate surface area is 127 Å². The summed E-state index contributed by atoms with van der Waals surface area (Å²) in [5.41, 5.74) is 0. The number of nitrogens with zero attached hydrogens (tertiary/aromatic N) is 2. The van der Waals surface area contributed by atoms with Crippen molar-refractivity contribution in [3.05, 3.63) is 59.2 Å². The Balaban J connectivity index is 1.92. The van der Waals surface area contributed by atoms with Crippen molar-refractivity contribution in [1.82, 2.24) is 5.32 Å². The quantitative estimate of drug-likeness (QED) is 0.738. The van der Waals surface area contributed by atoms with Crippen LogP contribution < -0.4 is 25.0 Å². The van der Waals surface area contributed by atoms with E-state index >= 15 is 0 Å². The van der Waals surface area contributed by atoms with Gasteiger partial charge in [0.15, 0.2) is 0 Å². The van der Waals surface area contributed by atoms with E-state index in [4.69, 9.17) is 5.11 Å². The molecule has 0 fully saturated rings. The summed E-state index contributed by atoms with van der Waals surface area (Å²) in [6.07, 6.45) is -1.13. The predicted octanol–water partition coefficient (Wildman–Crippen LogP) is -0.464. The van der Waals surface area contributed by atoms with Crippen LogP contribution in [0.15, 0.2) is 58.5 Å². The predicted molar refractivity (Wildman–Crippen MR) is 79.8 cm³/mol. The van der Waals surface area contributed by atoms with E-state index in [1.54, 1.807) is 6.92 Å². The second kappa shape index (κ2) is 5.31. The number of benzene rings is 2. The van der Waals surface area contributed by atoms with E-state index in [9.17, 15) is 4.79 Å². The number of nitrogens with one attached hydrogen (secondary N) is 1. The first kappa shape index (κ1) is 13.8. The second-order valence-corrected chi connectivity index (χ2v) is 7.15. The van der Waals surface area contributed by atoms with E-state index in [-0.39, 0.29) is 15.0 Å². The summed E-state index contributed by atoms with van der Waals surface area (Å²) in [5, 5.41) is 12.6. The second-order valence-electron chi connectivity index (χ2n) is 4.74. The number of carbonyl (C=O) groups is 1. The molecule has 0 spiro atoms. The van der Waals surface area contributed by atoms with E-state index in [0.29, 0.717) is 0 Å². The summed E-state index contributed by atoms with van der Waals surface area (Å²) in [6.45, 7) is 1.64. The van der Waals surface area contributed by atoms with Crippen molar-refractivity contribution in [3.8, 4) is 0 Å². The van der Waals surface area contributed by atoms with Crippen molar-refractivity contribution in [3.63, 3.8) is 0 Å². The van der Waals surface area contributed by atoms with Gasteiger partial charge in [0.1, 0.15) is 0 Å². The van der Waals surface area contributed by atoms with Gasteiger partial charge in [-0.15, -0.1) is 0 Å². The molecule has 0 aromatic heterocycles. The van der Waals surface area contributed by atoms with E-state index < -0.39 is 11.9 Å². The molecular weight excluding hydrogens is 333 g/mol. The Hall–Kier alpha value is -2.17. The summed E-state index contributed by atoms with van der Waals surface area (Å²) >= 11 is 0.199. The van der Waals surface area contributed by atoms with Gasteiger partial charge in [-0.25, -0.2) is 0 Å². The van der Waals surface area contributed by atoms with Gasteiger partial charge in [-0.2, -0.15) is 0 Å². The fourth-order valence-electron chi connectivity index (χ4n) is 2.13. The Kier molecular flexibility index (Phi) is 3.49. The van der Waals surface area contributed by atoms with Crippen LogP contribution in [0.1, 0.15) is 6.92 Å². The number of rotatable bonds is 3. The summed E-state index contributed by atoms with van der Waals surface area (Å²) in [7, 11) is 0. The Morgan fingerprint density at radius 1 is 1.10 bits per heavy atom. The third kappa shape index (κ3) is 3.12. The maximum atomic E-state index is 10.8. The molecule has 1 amide bonds. The SMILES string of the molecule is CC1(NC(=O)O)N=c2ccc([Se]c3ccccc3)cc2=N1. The number of amides is 1. The van der Waals surface area contributed by atoms with E-state index in [1.165, 1.54) is 8.92 Å². The average molecular weight is 346 g/mol. The number of hydrogen-bond acceptors (Lipinski definition) is 3. The van der Waals surface area contributed by atoms with E-state index in [1.807, 2.05) is 36.4 Å². The van der Waals surface area contributed by atoms with Crippen LogP contribution in [0.5, 0.6) is 0 Å². The minimum atomic E-state index is -1.13. The molecule has 2 aromatic carbocycles. The molecule has 0 aliphatic carbocycles. The molecule has 0 saturated heterocycles.